The maximum atomic E-state index is 11.0. The van der Waals surface area contributed by atoms with Crippen LogP contribution in [-0.4, -0.2) is 17.0 Å². The summed E-state index contributed by atoms with van der Waals surface area (Å²) in [6.07, 6.45) is 1.70. The molecule has 0 saturated carbocycles. The number of hydrogen-bond acceptors (Lipinski definition) is 3. The van der Waals surface area contributed by atoms with E-state index in [-0.39, 0.29) is 16.9 Å². The molecule has 0 radical (unpaired) electrons. The first-order valence-corrected chi connectivity index (χ1v) is 7.40. The number of hydrogen-bond donors (Lipinski definition) is 1. The van der Waals surface area contributed by atoms with Gasteiger partial charge in [0.05, 0.1) is 5.57 Å². The lowest BCUT2D eigenvalue weighted by Crippen LogP contribution is -1.92. The third-order valence-corrected chi connectivity index (χ3v) is 3.26. The predicted octanol–water partition coefficient (Wildman–Crippen LogP) is 4.29. The topological polar surface area (TPSA) is 54.4 Å². The molecule has 0 aliphatic rings. The molecule has 0 aromatic heterocycles. The van der Waals surface area contributed by atoms with E-state index in [9.17, 15) is 14.7 Å². The van der Waals surface area contributed by atoms with Crippen molar-refractivity contribution in [3.8, 4) is 5.75 Å². The van der Waals surface area contributed by atoms with Crippen LogP contribution in [-0.2, 0) is 9.59 Å². The fourth-order valence-electron chi connectivity index (χ4n) is 1.34. The largest absolute Gasteiger partial charge is 0.508 e. The molecular formula is C17H17IO3. The summed E-state index contributed by atoms with van der Waals surface area (Å²) in [4.78, 5) is 21.6. The maximum absolute atomic E-state index is 11.0. The van der Waals surface area contributed by atoms with Gasteiger partial charge in [-0.2, -0.15) is 0 Å². The lowest BCUT2D eigenvalue weighted by Gasteiger charge is -2.05. The van der Waals surface area contributed by atoms with Crippen LogP contribution < -0.4 is 0 Å². The highest BCUT2D eigenvalue weighted by atomic mass is 127. The van der Waals surface area contributed by atoms with Gasteiger partial charge in [0.2, 0.25) is 0 Å². The first-order valence-electron chi connectivity index (χ1n) is 6.32. The zero-order chi connectivity index (χ0) is 16.4. The molecule has 1 aromatic carbocycles. The minimum Gasteiger partial charge on any atom is -0.508 e. The summed E-state index contributed by atoms with van der Waals surface area (Å²) in [5.41, 5.74) is 1.50. The summed E-state index contributed by atoms with van der Waals surface area (Å²) < 4.78 is 0.581. The van der Waals surface area contributed by atoms with Crippen LogP contribution in [0, 0.1) is 0 Å². The summed E-state index contributed by atoms with van der Waals surface area (Å²) in [6.45, 7) is 9.22. The molecule has 4 heteroatoms. The molecule has 0 heterocycles. The van der Waals surface area contributed by atoms with E-state index < -0.39 is 0 Å². The number of rotatable bonds is 4. The first-order chi connectivity index (χ1) is 9.99. The van der Waals surface area contributed by atoms with Crippen LogP contribution in [0.25, 0.3) is 6.08 Å². The van der Waals surface area contributed by atoms with Crippen molar-refractivity contribution in [3.63, 3.8) is 0 Å². The Balaban J connectivity index is 0.00000191. The van der Waals surface area contributed by atoms with Gasteiger partial charge in [-0.25, -0.2) is 9.59 Å². The number of allylic oxidation sites excluding steroid dienone is 4. The monoisotopic (exact) mass is 396 g/mol. The summed E-state index contributed by atoms with van der Waals surface area (Å²) in [5, 5.41) is 9.37. The minimum atomic E-state index is 0.136. The third kappa shape index (κ3) is 5.96. The van der Waals surface area contributed by atoms with E-state index in [0.717, 1.165) is 5.56 Å². The molecule has 3 nitrogen and oxygen atoms in total. The van der Waals surface area contributed by atoms with Gasteiger partial charge in [0.25, 0.3) is 0 Å². The molecule has 0 aliphatic heterocycles. The van der Waals surface area contributed by atoms with Gasteiger partial charge >= 0.3 is 0 Å². The Kier molecular flexibility index (Phi) is 9.06. The molecule has 0 atom stereocenters. The summed E-state index contributed by atoms with van der Waals surface area (Å²) >= 11 is 1.96. The van der Waals surface area contributed by atoms with Gasteiger partial charge in [-0.3, -0.25) is 0 Å². The van der Waals surface area contributed by atoms with Crippen molar-refractivity contribution in [3.05, 3.63) is 56.7 Å². The Morgan fingerprint density at radius 3 is 2.38 bits per heavy atom. The second kappa shape index (κ2) is 9.94. The van der Waals surface area contributed by atoms with Crippen LogP contribution in [0.4, 0.5) is 0 Å². The number of phenols is 1. The van der Waals surface area contributed by atoms with Crippen molar-refractivity contribution >= 4 is 40.5 Å². The van der Waals surface area contributed by atoms with Gasteiger partial charge in [-0.1, -0.05) is 32.6 Å². The summed E-state index contributed by atoms with van der Waals surface area (Å²) in [6, 6.07) is 6.60. The SMILES string of the molecule is C=C(C(C)=C=O)C(=C=O)/C(I)=C/c1cccc(O)c1.CC. The number of carbonyl (C=O) groups excluding carboxylic acids is 2. The average molecular weight is 396 g/mol. The predicted molar refractivity (Wildman–Crippen MR) is 94.7 cm³/mol. The highest BCUT2D eigenvalue weighted by Crippen LogP contribution is 2.28. The normalized spacial score (nSPS) is 9.62. The average Bonchev–Trinajstić information content (AvgIpc) is 2.49. The molecule has 0 amide bonds. The van der Waals surface area contributed by atoms with E-state index in [4.69, 9.17) is 0 Å². The molecule has 110 valence electrons. The Bertz CT molecular complexity index is 644. The Morgan fingerprint density at radius 1 is 1.29 bits per heavy atom. The lowest BCUT2D eigenvalue weighted by atomic mass is 10.0. The van der Waals surface area contributed by atoms with E-state index in [2.05, 4.69) is 6.58 Å². The molecular weight excluding hydrogens is 379 g/mol. The molecule has 1 rings (SSSR count). The molecule has 1 N–H and O–H groups in total. The van der Waals surface area contributed by atoms with Gasteiger partial charge in [0.15, 0.2) is 0 Å². The Labute approximate surface area is 138 Å². The van der Waals surface area contributed by atoms with Crippen LogP contribution >= 0.6 is 22.6 Å². The molecule has 0 fully saturated rings. The molecule has 0 saturated heterocycles. The van der Waals surface area contributed by atoms with Gasteiger partial charge in [-0.15, -0.1) is 0 Å². The fraction of sp³-hybridized carbons (Fsp3) is 0.176. The smallest absolute Gasteiger partial charge is 0.134 e. The molecule has 0 aliphatic carbocycles. The number of benzene rings is 1. The van der Waals surface area contributed by atoms with Crippen LogP contribution in [0.15, 0.2) is 51.1 Å². The highest BCUT2D eigenvalue weighted by molar-refractivity contribution is 14.1. The molecule has 0 spiro atoms. The summed E-state index contributed by atoms with van der Waals surface area (Å²) in [5.74, 6) is 3.62. The van der Waals surface area contributed by atoms with Crippen LogP contribution in [0.1, 0.15) is 26.3 Å². The summed E-state index contributed by atoms with van der Waals surface area (Å²) in [7, 11) is 0. The second-order valence-electron chi connectivity index (χ2n) is 3.77. The zero-order valence-corrected chi connectivity index (χ0v) is 14.4. The molecule has 21 heavy (non-hydrogen) atoms. The van der Waals surface area contributed by atoms with Gasteiger partial charge in [-0.05, 0) is 53.3 Å². The van der Waals surface area contributed by atoms with E-state index in [1.807, 2.05) is 36.4 Å². The van der Waals surface area contributed by atoms with E-state index >= 15 is 0 Å². The van der Waals surface area contributed by atoms with Crippen molar-refractivity contribution in [1.82, 2.24) is 0 Å². The molecule has 0 unspecified atom stereocenters. The standard InChI is InChI=1S/C15H11IO3.C2H6/c1-10(8-17)11(2)14(9-18)15(16)7-12-4-3-5-13(19)6-12;1-2/h3-7,19H,2H2,1H3;1-2H3/b15-7-;. The van der Waals surface area contributed by atoms with E-state index in [1.54, 1.807) is 42.2 Å². The van der Waals surface area contributed by atoms with Crippen molar-refractivity contribution in [1.29, 1.82) is 0 Å². The quantitative estimate of drug-likeness (QED) is 0.470. The zero-order valence-electron chi connectivity index (χ0n) is 12.2. The van der Waals surface area contributed by atoms with Gasteiger partial charge < -0.3 is 5.11 Å². The highest BCUT2D eigenvalue weighted by Gasteiger charge is 2.10. The van der Waals surface area contributed by atoms with Crippen molar-refractivity contribution in [2.75, 3.05) is 0 Å². The van der Waals surface area contributed by atoms with E-state index in [0.29, 0.717) is 9.15 Å². The van der Waals surface area contributed by atoms with Crippen LogP contribution in [0.5, 0.6) is 5.75 Å². The van der Waals surface area contributed by atoms with Crippen molar-refractivity contribution in [2.24, 2.45) is 0 Å². The maximum Gasteiger partial charge on any atom is 0.134 e. The van der Waals surface area contributed by atoms with Crippen molar-refractivity contribution in [2.45, 2.75) is 20.8 Å². The van der Waals surface area contributed by atoms with E-state index in [1.165, 1.54) is 6.92 Å². The Morgan fingerprint density at radius 2 is 1.90 bits per heavy atom. The molecule has 1 aromatic rings. The fourth-order valence-corrected chi connectivity index (χ4v) is 2.13. The number of aromatic hydroxyl groups is 1. The van der Waals surface area contributed by atoms with Gasteiger partial charge in [0, 0.05) is 14.7 Å². The van der Waals surface area contributed by atoms with Crippen LogP contribution in [0.2, 0.25) is 0 Å². The first kappa shape index (κ1) is 19.1. The minimum absolute atomic E-state index is 0.136. The Hall–Kier alpha value is -1.87. The number of halogens is 1. The lowest BCUT2D eigenvalue weighted by molar-refractivity contribution is 0.475. The van der Waals surface area contributed by atoms with Crippen LogP contribution in [0.3, 0.4) is 0 Å². The number of phenolic OH excluding ortho intramolecular Hbond substituents is 1. The molecule has 0 bridgehead atoms. The second-order valence-corrected chi connectivity index (χ2v) is 4.93. The third-order valence-electron chi connectivity index (χ3n) is 2.41. The van der Waals surface area contributed by atoms with Crippen molar-refractivity contribution < 1.29 is 14.7 Å². The van der Waals surface area contributed by atoms with Gasteiger partial charge in [0.1, 0.15) is 17.6 Å².